The van der Waals surface area contributed by atoms with E-state index >= 15 is 0 Å². The monoisotopic (exact) mass is 265 g/mol. The molecule has 1 aromatic heterocycles. The lowest BCUT2D eigenvalue weighted by atomic mass is 10.1. The molecular formula is C10H17Cl2N3O. The van der Waals surface area contributed by atoms with Crippen molar-refractivity contribution >= 4 is 24.8 Å². The normalized spacial score (nSPS) is 20.4. The van der Waals surface area contributed by atoms with Gasteiger partial charge in [-0.05, 0) is 26.3 Å². The molecule has 2 atom stereocenters. The predicted molar refractivity (Wildman–Crippen MR) is 67.6 cm³/mol. The Hall–Kier alpha value is -0.580. The zero-order chi connectivity index (χ0) is 9.80. The summed E-state index contributed by atoms with van der Waals surface area (Å²) in [5.41, 5.74) is 0. The van der Waals surface area contributed by atoms with Crippen LogP contribution in [0.1, 0.15) is 19.8 Å². The summed E-state index contributed by atoms with van der Waals surface area (Å²) < 4.78 is 5.71. The minimum absolute atomic E-state index is 0. The van der Waals surface area contributed by atoms with Gasteiger partial charge in [-0.2, -0.15) is 0 Å². The van der Waals surface area contributed by atoms with E-state index in [1.165, 1.54) is 19.2 Å². The number of aromatic nitrogens is 2. The van der Waals surface area contributed by atoms with Crippen LogP contribution in [0.2, 0.25) is 0 Å². The first-order chi connectivity index (χ1) is 6.86. The highest BCUT2D eigenvalue weighted by atomic mass is 35.5. The SMILES string of the molecule is CC(Oc1cncnc1)[C@@H]1CCCN1.Cl.Cl. The molecule has 1 saturated heterocycles. The Balaban J connectivity index is 0.00000112. The van der Waals surface area contributed by atoms with Crippen LogP contribution < -0.4 is 10.1 Å². The van der Waals surface area contributed by atoms with E-state index in [4.69, 9.17) is 4.74 Å². The molecule has 0 bridgehead atoms. The molecule has 16 heavy (non-hydrogen) atoms. The molecule has 0 aromatic carbocycles. The van der Waals surface area contributed by atoms with E-state index in [-0.39, 0.29) is 30.9 Å². The Morgan fingerprint density at radius 2 is 2.06 bits per heavy atom. The Morgan fingerprint density at radius 3 is 2.62 bits per heavy atom. The van der Waals surface area contributed by atoms with Crippen molar-refractivity contribution in [2.45, 2.75) is 31.9 Å². The maximum Gasteiger partial charge on any atom is 0.156 e. The van der Waals surface area contributed by atoms with Gasteiger partial charge in [-0.1, -0.05) is 0 Å². The van der Waals surface area contributed by atoms with Gasteiger partial charge in [-0.25, -0.2) is 9.97 Å². The van der Waals surface area contributed by atoms with Gasteiger partial charge in [0, 0.05) is 6.04 Å². The first-order valence-corrected chi connectivity index (χ1v) is 5.01. The largest absolute Gasteiger partial charge is 0.486 e. The topological polar surface area (TPSA) is 47.0 Å². The molecule has 0 radical (unpaired) electrons. The minimum atomic E-state index is 0. The van der Waals surface area contributed by atoms with E-state index in [0.29, 0.717) is 6.04 Å². The molecule has 1 fully saturated rings. The zero-order valence-corrected chi connectivity index (χ0v) is 10.8. The second-order valence-corrected chi connectivity index (χ2v) is 3.60. The summed E-state index contributed by atoms with van der Waals surface area (Å²) in [6.45, 7) is 3.18. The molecule has 1 unspecified atom stereocenters. The number of halogens is 2. The van der Waals surface area contributed by atoms with Crippen molar-refractivity contribution < 1.29 is 4.74 Å². The first-order valence-electron chi connectivity index (χ1n) is 5.01. The molecule has 2 heterocycles. The number of nitrogens with zero attached hydrogens (tertiary/aromatic N) is 2. The van der Waals surface area contributed by atoms with Crippen molar-refractivity contribution in [2.24, 2.45) is 0 Å². The standard InChI is InChI=1S/C10H15N3O.2ClH/c1-8(10-3-2-4-13-10)14-9-5-11-7-12-6-9;;/h5-8,10,13H,2-4H2,1H3;2*1H/t8?,10-;;/m0../s1. The van der Waals surface area contributed by atoms with Gasteiger partial charge < -0.3 is 10.1 Å². The van der Waals surface area contributed by atoms with Crippen molar-refractivity contribution in [2.75, 3.05) is 6.54 Å². The van der Waals surface area contributed by atoms with Crippen LogP contribution >= 0.6 is 24.8 Å². The molecule has 0 spiro atoms. The van der Waals surface area contributed by atoms with E-state index < -0.39 is 0 Å². The van der Waals surface area contributed by atoms with Crippen molar-refractivity contribution in [3.8, 4) is 5.75 Å². The van der Waals surface area contributed by atoms with Crippen LogP contribution in [0.5, 0.6) is 5.75 Å². The molecule has 4 nitrogen and oxygen atoms in total. The third-order valence-electron chi connectivity index (χ3n) is 2.52. The van der Waals surface area contributed by atoms with Crippen molar-refractivity contribution in [3.63, 3.8) is 0 Å². The third kappa shape index (κ3) is 4.12. The first kappa shape index (κ1) is 15.4. The molecular weight excluding hydrogens is 249 g/mol. The number of rotatable bonds is 3. The molecule has 1 aliphatic rings. The summed E-state index contributed by atoms with van der Waals surface area (Å²) in [7, 11) is 0. The molecule has 0 saturated carbocycles. The number of hydrogen-bond acceptors (Lipinski definition) is 4. The van der Waals surface area contributed by atoms with Gasteiger partial charge in [0.15, 0.2) is 5.75 Å². The molecule has 1 aromatic rings. The second kappa shape index (κ2) is 7.65. The van der Waals surface area contributed by atoms with Crippen LogP contribution in [0.25, 0.3) is 0 Å². The lowest BCUT2D eigenvalue weighted by Crippen LogP contribution is -2.36. The fourth-order valence-electron chi connectivity index (χ4n) is 1.76. The summed E-state index contributed by atoms with van der Waals surface area (Å²) in [5, 5.41) is 3.41. The third-order valence-corrected chi connectivity index (χ3v) is 2.52. The number of hydrogen-bond donors (Lipinski definition) is 1. The highest BCUT2D eigenvalue weighted by Crippen LogP contribution is 2.15. The fraction of sp³-hybridized carbons (Fsp3) is 0.600. The van der Waals surface area contributed by atoms with Gasteiger partial charge >= 0.3 is 0 Å². The molecule has 92 valence electrons. The predicted octanol–water partition coefficient (Wildman–Crippen LogP) is 1.84. The smallest absolute Gasteiger partial charge is 0.156 e. The van der Waals surface area contributed by atoms with Crippen LogP contribution in [0.3, 0.4) is 0 Å². The maximum atomic E-state index is 5.71. The fourth-order valence-corrected chi connectivity index (χ4v) is 1.76. The van der Waals surface area contributed by atoms with Gasteiger partial charge in [0.05, 0.1) is 12.4 Å². The van der Waals surface area contributed by atoms with E-state index in [9.17, 15) is 0 Å². The molecule has 1 aliphatic heterocycles. The van der Waals surface area contributed by atoms with Gasteiger partial charge in [0.2, 0.25) is 0 Å². The van der Waals surface area contributed by atoms with Crippen molar-refractivity contribution in [3.05, 3.63) is 18.7 Å². The zero-order valence-electron chi connectivity index (χ0n) is 9.13. The number of nitrogens with one attached hydrogen (secondary N) is 1. The second-order valence-electron chi connectivity index (χ2n) is 3.60. The van der Waals surface area contributed by atoms with Crippen LogP contribution in [-0.4, -0.2) is 28.7 Å². The molecule has 2 rings (SSSR count). The Labute approximate surface area is 108 Å². The number of ether oxygens (including phenoxy) is 1. The van der Waals surface area contributed by atoms with E-state index in [0.717, 1.165) is 12.3 Å². The average molecular weight is 266 g/mol. The van der Waals surface area contributed by atoms with Gasteiger partial charge in [0.25, 0.3) is 0 Å². The van der Waals surface area contributed by atoms with Crippen molar-refractivity contribution in [1.82, 2.24) is 15.3 Å². The molecule has 1 N–H and O–H groups in total. The molecule has 0 amide bonds. The highest BCUT2D eigenvalue weighted by molar-refractivity contribution is 5.85. The summed E-state index contributed by atoms with van der Waals surface area (Å²) in [4.78, 5) is 7.82. The summed E-state index contributed by atoms with van der Waals surface area (Å²) >= 11 is 0. The van der Waals surface area contributed by atoms with E-state index in [2.05, 4.69) is 22.2 Å². The quantitative estimate of drug-likeness (QED) is 0.906. The van der Waals surface area contributed by atoms with E-state index in [1.807, 2.05) is 0 Å². The van der Waals surface area contributed by atoms with E-state index in [1.54, 1.807) is 12.4 Å². The summed E-state index contributed by atoms with van der Waals surface area (Å²) in [5.74, 6) is 0.744. The summed E-state index contributed by atoms with van der Waals surface area (Å²) in [6, 6.07) is 0.468. The maximum absolute atomic E-state index is 5.71. The van der Waals surface area contributed by atoms with Gasteiger partial charge in [0.1, 0.15) is 12.4 Å². The minimum Gasteiger partial charge on any atom is -0.486 e. The highest BCUT2D eigenvalue weighted by Gasteiger charge is 2.22. The van der Waals surface area contributed by atoms with Crippen LogP contribution in [0, 0.1) is 0 Å². The average Bonchev–Trinajstić information content (AvgIpc) is 2.72. The van der Waals surface area contributed by atoms with Crippen LogP contribution in [-0.2, 0) is 0 Å². The summed E-state index contributed by atoms with van der Waals surface area (Å²) in [6.07, 6.45) is 7.50. The van der Waals surface area contributed by atoms with Gasteiger partial charge in [-0.3, -0.25) is 0 Å². The van der Waals surface area contributed by atoms with Gasteiger partial charge in [-0.15, -0.1) is 24.8 Å². The Bertz CT molecular complexity index is 281. The Kier molecular flexibility index (Phi) is 7.38. The molecule has 6 heteroatoms. The molecule has 0 aliphatic carbocycles. The Morgan fingerprint density at radius 1 is 1.38 bits per heavy atom. The van der Waals surface area contributed by atoms with Crippen LogP contribution in [0.15, 0.2) is 18.7 Å². The van der Waals surface area contributed by atoms with Crippen LogP contribution in [0.4, 0.5) is 0 Å². The van der Waals surface area contributed by atoms with Crippen molar-refractivity contribution in [1.29, 1.82) is 0 Å². The lowest BCUT2D eigenvalue weighted by Gasteiger charge is -2.20. The lowest BCUT2D eigenvalue weighted by molar-refractivity contribution is 0.178.